The third-order valence-corrected chi connectivity index (χ3v) is 5.38. The molecule has 0 saturated carbocycles. The van der Waals surface area contributed by atoms with Gasteiger partial charge in [0, 0.05) is 25.0 Å². The number of nitrogens with zero attached hydrogens (tertiary/aromatic N) is 1. The van der Waals surface area contributed by atoms with E-state index in [1.165, 1.54) is 0 Å². The number of hydrogen-bond donors (Lipinski definition) is 1. The van der Waals surface area contributed by atoms with Crippen molar-refractivity contribution in [3.8, 4) is 11.5 Å². The zero-order valence-electron chi connectivity index (χ0n) is 17.3. The second-order valence-corrected chi connectivity index (χ2v) is 7.60. The molecule has 0 fully saturated rings. The summed E-state index contributed by atoms with van der Waals surface area (Å²) in [6.45, 7) is 3.32. The Morgan fingerprint density at radius 2 is 1.73 bits per heavy atom. The molecule has 0 radical (unpaired) electrons. The quantitative estimate of drug-likeness (QED) is 0.694. The molecule has 2 aromatic carbocycles. The van der Waals surface area contributed by atoms with Crippen LogP contribution in [0.1, 0.15) is 30.9 Å². The number of likely N-dealkylation sites (N-methyl/N-ethyl adjacent to an activating group) is 1. The number of halogens is 1. The Morgan fingerprint density at radius 1 is 1.07 bits per heavy atom. The number of fused-ring (bicyclic) bond motifs is 1. The van der Waals surface area contributed by atoms with Crippen molar-refractivity contribution in [1.29, 1.82) is 0 Å². The fourth-order valence-corrected chi connectivity index (χ4v) is 3.64. The molecule has 1 atom stereocenters. The van der Waals surface area contributed by atoms with Crippen molar-refractivity contribution in [2.24, 2.45) is 0 Å². The Hall–Kier alpha value is -2.73. The highest BCUT2D eigenvalue weighted by molar-refractivity contribution is 6.30. The van der Waals surface area contributed by atoms with E-state index in [1.807, 2.05) is 37.3 Å². The normalized spacial score (nSPS) is 13.4. The summed E-state index contributed by atoms with van der Waals surface area (Å²) in [6, 6.07) is 12.5. The summed E-state index contributed by atoms with van der Waals surface area (Å²) < 4.78 is 11.2. The first-order valence-electron chi connectivity index (χ1n) is 10.2. The summed E-state index contributed by atoms with van der Waals surface area (Å²) in [7, 11) is 1.59. The van der Waals surface area contributed by atoms with Gasteiger partial charge in [-0.3, -0.25) is 9.59 Å². The van der Waals surface area contributed by atoms with Gasteiger partial charge in [-0.1, -0.05) is 36.7 Å². The minimum Gasteiger partial charge on any atom is -0.486 e. The number of hydrogen-bond acceptors (Lipinski definition) is 4. The highest BCUT2D eigenvalue weighted by atomic mass is 35.5. The molecule has 160 valence electrons. The van der Waals surface area contributed by atoms with E-state index in [-0.39, 0.29) is 11.8 Å². The summed E-state index contributed by atoms with van der Waals surface area (Å²) >= 11 is 5.98. The third kappa shape index (κ3) is 5.45. The van der Waals surface area contributed by atoms with Crippen LogP contribution in [0.25, 0.3) is 0 Å². The third-order valence-electron chi connectivity index (χ3n) is 5.13. The highest BCUT2D eigenvalue weighted by Crippen LogP contribution is 2.31. The second-order valence-electron chi connectivity index (χ2n) is 7.16. The number of carbonyl (C=O) groups is 2. The molecule has 1 N–H and O–H groups in total. The number of rotatable bonds is 8. The second kappa shape index (κ2) is 10.3. The van der Waals surface area contributed by atoms with Crippen LogP contribution in [-0.4, -0.2) is 43.0 Å². The van der Waals surface area contributed by atoms with Gasteiger partial charge in [-0.25, -0.2) is 0 Å². The zero-order chi connectivity index (χ0) is 21.5. The molecule has 2 aromatic rings. The number of ether oxygens (including phenoxy) is 2. The molecular weight excluding hydrogens is 404 g/mol. The summed E-state index contributed by atoms with van der Waals surface area (Å²) in [5.41, 5.74) is 1.92. The van der Waals surface area contributed by atoms with Crippen LogP contribution in [0, 0.1) is 0 Å². The van der Waals surface area contributed by atoms with Gasteiger partial charge in [0.05, 0.1) is 0 Å². The smallest absolute Gasteiger partial charge is 0.242 e. The Labute approximate surface area is 182 Å². The van der Waals surface area contributed by atoms with E-state index in [0.29, 0.717) is 49.8 Å². The molecule has 1 aliphatic heterocycles. The summed E-state index contributed by atoms with van der Waals surface area (Å²) in [5, 5.41) is 3.30. The average Bonchev–Trinajstić information content (AvgIpc) is 2.78. The topological polar surface area (TPSA) is 67.9 Å². The number of benzene rings is 2. The Kier molecular flexibility index (Phi) is 7.57. The number of amides is 2. The van der Waals surface area contributed by atoms with Crippen LogP contribution in [0.3, 0.4) is 0 Å². The minimum atomic E-state index is -0.529. The fraction of sp³-hybridized carbons (Fsp3) is 0.391. The maximum Gasteiger partial charge on any atom is 0.242 e. The Bertz CT molecular complexity index is 885. The number of nitrogens with one attached hydrogen (secondary N) is 1. The van der Waals surface area contributed by atoms with Gasteiger partial charge < -0.3 is 19.7 Å². The van der Waals surface area contributed by atoms with Crippen molar-refractivity contribution in [2.75, 3.05) is 20.3 Å². The molecule has 0 saturated heterocycles. The van der Waals surface area contributed by atoms with Gasteiger partial charge >= 0.3 is 0 Å². The van der Waals surface area contributed by atoms with E-state index in [9.17, 15) is 9.59 Å². The van der Waals surface area contributed by atoms with Crippen LogP contribution in [0.15, 0.2) is 42.5 Å². The molecular formula is C23H27ClN2O4. The predicted molar refractivity (Wildman–Crippen MR) is 116 cm³/mol. The largest absolute Gasteiger partial charge is 0.486 e. The summed E-state index contributed by atoms with van der Waals surface area (Å²) in [5.74, 6) is 1.20. The Morgan fingerprint density at radius 3 is 2.40 bits per heavy atom. The molecule has 30 heavy (non-hydrogen) atoms. The molecule has 0 unspecified atom stereocenters. The van der Waals surface area contributed by atoms with E-state index in [2.05, 4.69) is 5.32 Å². The van der Waals surface area contributed by atoms with E-state index in [0.717, 1.165) is 16.9 Å². The van der Waals surface area contributed by atoms with Crippen molar-refractivity contribution in [2.45, 2.75) is 38.8 Å². The van der Waals surface area contributed by atoms with Crippen molar-refractivity contribution >= 4 is 23.4 Å². The fourth-order valence-electron chi connectivity index (χ4n) is 3.51. The standard InChI is InChI=1S/C23H27ClN2O4/c1-3-19(23(28)25-2)26(15-17-4-8-18(24)9-5-17)22(27)11-7-16-6-10-20-21(14-16)30-13-12-29-20/h4-6,8-10,14,19H,3,7,11-13,15H2,1-2H3,(H,25,28)/t19-/m0/s1. The first kappa shape index (κ1) is 22.0. The lowest BCUT2D eigenvalue weighted by molar-refractivity contribution is -0.141. The maximum atomic E-state index is 13.2. The summed E-state index contributed by atoms with van der Waals surface area (Å²) in [4.78, 5) is 27.2. The van der Waals surface area contributed by atoms with Crippen LogP contribution in [0.5, 0.6) is 11.5 Å². The lowest BCUT2D eigenvalue weighted by Gasteiger charge is -2.30. The van der Waals surface area contributed by atoms with Gasteiger partial charge in [-0.05, 0) is 48.2 Å². The maximum absolute atomic E-state index is 13.2. The lowest BCUT2D eigenvalue weighted by atomic mass is 10.1. The lowest BCUT2D eigenvalue weighted by Crippen LogP contribution is -2.48. The van der Waals surface area contributed by atoms with Crippen LogP contribution in [0.2, 0.25) is 5.02 Å². The van der Waals surface area contributed by atoms with Gasteiger partial charge in [0.15, 0.2) is 11.5 Å². The van der Waals surface area contributed by atoms with Crippen molar-refractivity contribution in [3.05, 3.63) is 58.6 Å². The van der Waals surface area contributed by atoms with Crippen molar-refractivity contribution in [1.82, 2.24) is 10.2 Å². The van der Waals surface area contributed by atoms with Crippen LogP contribution < -0.4 is 14.8 Å². The Balaban J connectivity index is 1.73. The van der Waals surface area contributed by atoms with Crippen LogP contribution in [0.4, 0.5) is 0 Å². The predicted octanol–water partition coefficient (Wildman–Crippen LogP) is 3.60. The zero-order valence-corrected chi connectivity index (χ0v) is 18.1. The molecule has 2 amide bonds. The molecule has 0 aromatic heterocycles. The van der Waals surface area contributed by atoms with Crippen LogP contribution >= 0.6 is 11.6 Å². The average molecular weight is 431 g/mol. The van der Waals surface area contributed by atoms with Gasteiger partial charge in [-0.2, -0.15) is 0 Å². The van der Waals surface area contributed by atoms with Gasteiger partial charge in [0.25, 0.3) is 0 Å². The molecule has 1 aliphatic rings. The van der Waals surface area contributed by atoms with Crippen molar-refractivity contribution < 1.29 is 19.1 Å². The van der Waals surface area contributed by atoms with E-state index >= 15 is 0 Å². The molecule has 1 heterocycles. The van der Waals surface area contributed by atoms with E-state index in [1.54, 1.807) is 24.1 Å². The molecule has 0 spiro atoms. The molecule has 0 bridgehead atoms. The first-order chi connectivity index (χ1) is 14.5. The van der Waals surface area contributed by atoms with Gasteiger partial charge in [0.2, 0.25) is 11.8 Å². The monoisotopic (exact) mass is 430 g/mol. The number of carbonyl (C=O) groups excluding carboxylic acids is 2. The molecule has 3 rings (SSSR count). The van der Waals surface area contributed by atoms with Crippen molar-refractivity contribution in [3.63, 3.8) is 0 Å². The van der Waals surface area contributed by atoms with E-state index < -0.39 is 6.04 Å². The minimum absolute atomic E-state index is 0.0738. The van der Waals surface area contributed by atoms with Gasteiger partial charge in [0.1, 0.15) is 19.3 Å². The summed E-state index contributed by atoms with van der Waals surface area (Å²) in [6.07, 6.45) is 1.38. The van der Waals surface area contributed by atoms with E-state index in [4.69, 9.17) is 21.1 Å². The highest BCUT2D eigenvalue weighted by Gasteiger charge is 2.27. The molecule has 6 nitrogen and oxygen atoms in total. The van der Waals surface area contributed by atoms with Gasteiger partial charge in [-0.15, -0.1) is 0 Å². The first-order valence-corrected chi connectivity index (χ1v) is 10.5. The molecule has 0 aliphatic carbocycles. The molecule has 7 heteroatoms. The van der Waals surface area contributed by atoms with Crippen LogP contribution in [-0.2, 0) is 22.6 Å². The SMILES string of the molecule is CC[C@@H](C(=O)NC)N(Cc1ccc(Cl)cc1)C(=O)CCc1ccc2c(c1)OCCO2. The number of aryl methyl sites for hydroxylation is 1.